The number of carbonyl (C=O) groups is 1. The van der Waals surface area contributed by atoms with Gasteiger partial charge in [0.15, 0.2) is 6.29 Å². The van der Waals surface area contributed by atoms with E-state index in [0.717, 1.165) is 43.6 Å². The minimum absolute atomic E-state index is 0.750. The van der Waals surface area contributed by atoms with Crippen molar-refractivity contribution in [3.05, 3.63) is 82.8 Å². The molecule has 4 rings (SSSR count). The average Bonchev–Trinajstić information content (AvgIpc) is 2.60. The van der Waals surface area contributed by atoms with Crippen molar-refractivity contribution in [3.63, 3.8) is 0 Å². The molecule has 0 saturated heterocycles. The first-order valence-electron chi connectivity index (χ1n) is 7.43. The molecule has 4 aromatic rings. The third kappa shape index (κ3) is 2.45. The Morgan fingerprint density at radius 3 is 2.35 bits per heavy atom. The summed E-state index contributed by atoms with van der Waals surface area (Å²) in [4.78, 5) is 11.7. The summed E-state index contributed by atoms with van der Waals surface area (Å²) >= 11 is 3.50. The fourth-order valence-electron chi connectivity index (χ4n) is 3.06. The molecule has 0 aliphatic carbocycles. The van der Waals surface area contributed by atoms with Crippen LogP contribution in [0.3, 0.4) is 0 Å². The fraction of sp³-hybridized carbons (Fsp3) is 0. The van der Waals surface area contributed by atoms with Crippen LogP contribution >= 0.6 is 15.9 Å². The maximum Gasteiger partial charge on any atom is 0.151 e. The molecule has 0 saturated carbocycles. The van der Waals surface area contributed by atoms with Gasteiger partial charge in [-0.25, -0.2) is 0 Å². The molecule has 0 aliphatic heterocycles. The molecular weight excluding hydrogens is 348 g/mol. The maximum absolute atomic E-state index is 11.7. The third-order valence-electron chi connectivity index (χ3n) is 4.20. The molecule has 0 aromatic heterocycles. The van der Waals surface area contributed by atoms with Crippen LogP contribution < -0.4 is 0 Å². The second-order valence-electron chi connectivity index (χ2n) is 5.57. The first-order chi connectivity index (χ1) is 11.3. The van der Waals surface area contributed by atoms with Gasteiger partial charge in [0.05, 0.1) is 0 Å². The molecule has 0 bridgehead atoms. The zero-order valence-corrected chi connectivity index (χ0v) is 13.9. The molecule has 0 unspecified atom stereocenters. The Morgan fingerprint density at radius 2 is 1.48 bits per heavy atom. The zero-order chi connectivity index (χ0) is 15.8. The van der Waals surface area contributed by atoms with E-state index in [1.807, 2.05) is 36.4 Å². The summed E-state index contributed by atoms with van der Waals surface area (Å²) in [6.07, 6.45) is 0.962. The van der Waals surface area contributed by atoms with Crippen molar-refractivity contribution >= 4 is 43.8 Å². The van der Waals surface area contributed by atoms with Crippen LogP contribution in [0.15, 0.2) is 77.3 Å². The van der Waals surface area contributed by atoms with Gasteiger partial charge < -0.3 is 0 Å². The largest absolute Gasteiger partial charge is 0.298 e. The Labute approximate surface area is 142 Å². The van der Waals surface area contributed by atoms with Crippen molar-refractivity contribution in [1.29, 1.82) is 0 Å². The lowest BCUT2D eigenvalue weighted by atomic mass is 9.93. The summed E-state index contributed by atoms with van der Waals surface area (Å²) in [7, 11) is 0. The van der Waals surface area contributed by atoms with Crippen LogP contribution in [0.5, 0.6) is 0 Å². The molecule has 0 N–H and O–H groups in total. The summed E-state index contributed by atoms with van der Waals surface area (Å²) < 4.78 is 1.07. The minimum Gasteiger partial charge on any atom is -0.298 e. The highest BCUT2D eigenvalue weighted by Gasteiger charge is 2.09. The summed E-state index contributed by atoms with van der Waals surface area (Å²) in [5, 5.41) is 4.42. The van der Waals surface area contributed by atoms with Crippen molar-refractivity contribution in [2.24, 2.45) is 0 Å². The number of rotatable bonds is 2. The van der Waals surface area contributed by atoms with Crippen LogP contribution in [0, 0.1) is 0 Å². The minimum atomic E-state index is 0.750. The molecule has 0 heterocycles. The lowest BCUT2D eigenvalue weighted by Gasteiger charge is -2.10. The number of hydrogen-bond acceptors (Lipinski definition) is 1. The molecular formula is C21H13BrO. The Balaban J connectivity index is 1.98. The van der Waals surface area contributed by atoms with E-state index >= 15 is 0 Å². The Kier molecular flexibility index (Phi) is 3.47. The first-order valence-corrected chi connectivity index (χ1v) is 8.22. The molecule has 0 amide bonds. The van der Waals surface area contributed by atoms with Gasteiger partial charge >= 0.3 is 0 Å². The van der Waals surface area contributed by atoms with Crippen molar-refractivity contribution in [1.82, 2.24) is 0 Å². The number of halogens is 1. The summed E-state index contributed by atoms with van der Waals surface area (Å²) in [5.74, 6) is 0. The normalized spacial score (nSPS) is 11.0. The Morgan fingerprint density at radius 1 is 0.739 bits per heavy atom. The summed E-state index contributed by atoms with van der Waals surface area (Å²) in [6, 6.07) is 24.6. The molecule has 0 atom stereocenters. The van der Waals surface area contributed by atoms with Gasteiger partial charge in [0, 0.05) is 10.0 Å². The van der Waals surface area contributed by atoms with Crippen LogP contribution in [0.2, 0.25) is 0 Å². The van der Waals surface area contributed by atoms with E-state index in [1.165, 1.54) is 5.39 Å². The molecule has 110 valence electrons. The highest BCUT2D eigenvalue weighted by molar-refractivity contribution is 9.10. The molecule has 1 nitrogen and oxygen atoms in total. The monoisotopic (exact) mass is 360 g/mol. The van der Waals surface area contributed by atoms with Crippen LogP contribution in [-0.4, -0.2) is 6.29 Å². The van der Waals surface area contributed by atoms with Crippen LogP contribution in [-0.2, 0) is 0 Å². The SMILES string of the molecule is O=Cc1c(-c2ccc3cc(Br)ccc3c2)ccc2ccccc12. The molecule has 0 aliphatic rings. The van der Waals surface area contributed by atoms with Crippen molar-refractivity contribution in [2.75, 3.05) is 0 Å². The van der Waals surface area contributed by atoms with Gasteiger partial charge in [-0.3, -0.25) is 4.79 Å². The highest BCUT2D eigenvalue weighted by Crippen LogP contribution is 2.31. The zero-order valence-electron chi connectivity index (χ0n) is 12.3. The van der Waals surface area contributed by atoms with Crippen LogP contribution in [0.4, 0.5) is 0 Å². The van der Waals surface area contributed by atoms with Crippen LogP contribution in [0.25, 0.3) is 32.7 Å². The number of benzene rings is 4. The topological polar surface area (TPSA) is 17.1 Å². The summed E-state index contributed by atoms with van der Waals surface area (Å²) in [5.41, 5.74) is 2.79. The second-order valence-corrected chi connectivity index (χ2v) is 6.49. The van der Waals surface area contributed by atoms with E-state index in [4.69, 9.17) is 0 Å². The smallest absolute Gasteiger partial charge is 0.151 e. The fourth-order valence-corrected chi connectivity index (χ4v) is 3.44. The highest BCUT2D eigenvalue weighted by atomic mass is 79.9. The maximum atomic E-state index is 11.7. The van der Waals surface area contributed by atoms with E-state index in [0.29, 0.717) is 0 Å². The molecule has 0 fully saturated rings. The van der Waals surface area contributed by atoms with Gasteiger partial charge in [0.1, 0.15) is 0 Å². The predicted molar refractivity (Wildman–Crippen MR) is 100.0 cm³/mol. The number of hydrogen-bond donors (Lipinski definition) is 0. The van der Waals surface area contributed by atoms with E-state index < -0.39 is 0 Å². The molecule has 4 aromatic carbocycles. The number of aldehydes is 1. The standard InChI is InChI=1S/C21H13BrO/c22-18-9-7-15-11-17(6-5-16(15)12-18)20-10-8-14-3-1-2-4-19(14)21(20)13-23/h1-13H. The summed E-state index contributed by atoms with van der Waals surface area (Å²) in [6.45, 7) is 0. The van der Waals surface area contributed by atoms with Gasteiger partial charge in [0.25, 0.3) is 0 Å². The molecule has 0 spiro atoms. The predicted octanol–water partition coefficient (Wildman–Crippen LogP) is 6.24. The quantitative estimate of drug-likeness (QED) is 0.387. The van der Waals surface area contributed by atoms with E-state index in [-0.39, 0.29) is 0 Å². The van der Waals surface area contributed by atoms with E-state index in [2.05, 4.69) is 52.3 Å². The van der Waals surface area contributed by atoms with Gasteiger partial charge in [0.2, 0.25) is 0 Å². The van der Waals surface area contributed by atoms with Gasteiger partial charge in [-0.05, 0) is 50.9 Å². The van der Waals surface area contributed by atoms with Gasteiger partial charge in [-0.1, -0.05) is 70.5 Å². The van der Waals surface area contributed by atoms with Gasteiger partial charge in [-0.15, -0.1) is 0 Å². The Hall–Kier alpha value is -2.45. The number of fused-ring (bicyclic) bond motifs is 2. The second kappa shape index (κ2) is 5.64. The van der Waals surface area contributed by atoms with Gasteiger partial charge in [-0.2, -0.15) is 0 Å². The lowest BCUT2D eigenvalue weighted by Crippen LogP contribution is -1.90. The lowest BCUT2D eigenvalue weighted by molar-refractivity contribution is 0.112. The third-order valence-corrected chi connectivity index (χ3v) is 4.70. The molecule has 2 heteroatoms. The average molecular weight is 361 g/mol. The molecule has 0 radical (unpaired) electrons. The van der Waals surface area contributed by atoms with Crippen molar-refractivity contribution in [2.45, 2.75) is 0 Å². The first kappa shape index (κ1) is 14.2. The van der Waals surface area contributed by atoms with E-state index in [1.54, 1.807) is 0 Å². The van der Waals surface area contributed by atoms with Crippen molar-refractivity contribution < 1.29 is 4.79 Å². The molecule has 23 heavy (non-hydrogen) atoms. The van der Waals surface area contributed by atoms with E-state index in [9.17, 15) is 4.79 Å². The Bertz CT molecular complexity index is 1050. The number of carbonyl (C=O) groups excluding carboxylic acids is 1. The van der Waals surface area contributed by atoms with Crippen LogP contribution in [0.1, 0.15) is 10.4 Å². The van der Waals surface area contributed by atoms with Crippen molar-refractivity contribution in [3.8, 4) is 11.1 Å².